The van der Waals surface area contributed by atoms with E-state index in [0.717, 1.165) is 12.0 Å². The molecule has 0 saturated heterocycles. The molecule has 0 aliphatic carbocycles. The Labute approximate surface area is 193 Å². The first kappa shape index (κ1) is 23.4. The minimum Gasteiger partial charge on any atom is -0.493 e. The molecular formula is C27H25NO5. The molecule has 0 radical (unpaired) electrons. The molecule has 0 aliphatic rings. The van der Waals surface area contributed by atoms with Gasteiger partial charge in [0.15, 0.2) is 18.1 Å². The summed E-state index contributed by atoms with van der Waals surface area (Å²) in [6.45, 7) is 1.89. The zero-order valence-corrected chi connectivity index (χ0v) is 18.8. The van der Waals surface area contributed by atoms with Crippen molar-refractivity contribution < 1.29 is 23.7 Å². The number of rotatable bonds is 9. The van der Waals surface area contributed by atoms with Gasteiger partial charge in [-0.25, -0.2) is 4.79 Å². The van der Waals surface area contributed by atoms with E-state index in [1.807, 2.05) is 24.3 Å². The van der Waals surface area contributed by atoms with E-state index in [-0.39, 0.29) is 6.61 Å². The Morgan fingerprint density at radius 3 is 2.18 bits per heavy atom. The van der Waals surface area contributed by atoms with Crippen molar-refractivity contribution in [2.24, 2.45) is 0 Å². The number of methoxy groups -OCH3 is 2. The van der Waals surface area contributed by atoms with E-state index >= 15 is 0 Å². The summed E-state index contributed by atoms with van der Waals surface area (Å²) in [4.78, 5) is 12.1. The van der Waals surface area contributed by atoms with Crippen molar-refractivity contribution in [3.63, 3.8) is 0 Å². The molecule has 3 aromatic rings. The molecule has 0 heterocycles. The summed E-state index contributed by atoms with van der Waals surface area (Å²) in [5.74, 6) is 1.64. The van der Waals surface area contributed by atoms with Crippen LogP contribution in [0.2, 0.25) is 0 Å². The molecule has 0 unspecified atom stereocenters. The van der Waals surface area contributed by atoms with Crippen LogP contribution in [0.1, 0.15) is 23.6 Å². The molecule has 0 amide bonds. The topological polar surface area (TPSA) is 77.8 Å². The second kappa shape index (κ2) is 11.4. The van der Waals surface area contributed by atoms with Gasteiger partial charge in [0.05, 0.1) is 25.9 Å². The Kier molecular flexibility index (Phi) is 8.09. The third-order valence-electron chi connectivity index (χ3n) is 4.93. The van der Waals surface area contributed by atoms with Gasteiger partial charge in [0.2, 0.25) is 0 Å². The second-order valence-corrected chi connectivity index (χ2v) is 7.07. The number of benzene rings is 3. The number of hydrogen-bond acceptors (Lipinski definition) is 6. The number of nitriles is 1. The quantitative estimate of drug-likeness (QED) is 0.193. The minimum absolute atomic E-state index is 0.189. The summed E-state index contributed by atoms with van der Waals surface area (Å²) in [6.07, 6.45) is 2.69. The molecule has 0 spiro atoms. The molecule has 0 atom stereocenters. The lowest BCUT2D eigenvalue weighted by molar-refractivity contribution is -0.136. The molecule has 0 N–H and O–H groups in total. The van der Waals surface area contributed by atoms with Crippen LogP contribution in [0, 0.1) is 11.3 Å². The summed E-state index contributed by atoms with van der Waals surface area (Å²) in [5.41, 5.74) is 3.15. The Morgan fingerprint density at radius 2 is 1.58 bits per heavy atom. The van der Waals surface area contributed by atoms with Crippen LogP contribution >= 0.6 is 0 Å². The van der Waals surface area contributed by atoms with Gasteiger partial charge in [-0.05, 0) is 71.7 Å². The molecule has 0 aromatic heterocycles. The van der Waals surface area contributed by atoms with E-state index in [4.69, 9.17) is 18.9 Å². The number of carbonyl (C=O) groups excluding carboxylic acids is 1. The number of ether oxygens (including phenoxy) is 4. The van der Waals surface area contributed by atoms with Gasteiger partial charge >= 0.3 is 5.97 Å². The lowest BCUT2D eigenvalue weighted by atomic mass is 10.0. The number of aryl methyl sites for hydroxylation is 1. The van der Waals surface area contributed by atoms with E-state index in [2.05, 4.69) is 13.0 Å². The van der Waals surface area contributed by atoms with Crippen LogP contribution in [-0.4, -0.2) is 26.8 Å². The highest BCUT2D eigenvalue weighted by molar-refractivity contribution is 5.90. The predicted molar refractivity (Wildman–Crippen MR) is 126 cm³/mol. The third kappa shape index (κ3) is 6.37. The van der Waals surface area contributed by atoms with Crippen LogP contribution in [0.5, 0.6) is 23.0 Å². The first-order chi connectivity index (χ1) is 16.1. The first-order valence-electron chi connectivity index (χ1n) is 10.4. The van der Waals surface area contributed by atoms with Gasteiger partial charge in [0.25, 0.3) is 0 Å². The van der Waals surface area contributed by atoms with Crippen molar-refractivity contribution >= 4 is 17.6 Å². The van der Waals surface area contributed by atoms with Gasteiger partial charge in [0, 0.05) is 0 Å². The van der Waals surface area contributed by atoms with E-state index in [0.29, 0.717) is 34.1 Å². The third-order valence-corrected chi connectivity index (χ3v) is 4.93. The normalized spacial score (nSPS) is 10.8. The van der Waals surface area contributed by atoms with E-state index < -0.39 is 5.97 Å². The van der Waals surface area contributed by atoms with Crippen molar-refractivity contribution in [2.45, 2.75) is 13.3 Å². The highest BCUT2D eigenvalue weighted by Crippen LogP contribution is 2.31. The fourth-order valence-electron chi connectivity index (χ4n) is 3.11. The van der Waals surface area contributed by atoms with Gasteiger partial charge in [-0.15, -0.1) is 0 Å². The molecular weight excluding hydrogens is 418 g/mol. The van der Waals surface area contributed by atoms with E-state index in [1.165, 1.54) is 5.56 Å². The van der Waals surface area contributed by atoms with Crippen molar-refractivity contribution in [3.05, 3.63) is 83.4 Å². The predicted octanol–water partition coefficient (Wildman–Crippen LogP) is 5.31. The van der Waals surface area contributed by atoms with Crippen LogP contribution in [0.15, 0.2) is 66.7 Å². The van der Waals surface area contributed by atoms with Gasteiger partial charge in [-0.1, -0.05) is 31.2 Å². The average molecular weight is 443 g/mol. The van der Waals surface area contributed by atoms with Gasteiger partial charge in [0.1, 0.15) is 11.5 Å². The molecule has 33 heavy (non-hydrogen) atoms. The van der Waals surface area contributed by atoms with Crippen LogP contribution in [0.25, 0.3) is 11.6 Å². The summed E-state index contributed by atoms with van der Waals surface area (Å²) in [7, 11) is 3.10. The SMILES string of the molecule is CCc1ccc(OCC(=O)Oc2ccc(/C=C(/C#N)c3ccc(OC)c(OC)c3)cc2)cc1. The number of allylic oxidation sites excluding steroid dienone is 1. The fourth-order valence-corrected chi connectivity index (χ4v) is 3.11. The summed E-state index contributed by atoms with van der Waals surface area (Å²) < 4.78 is 21.4. The highest BCUT2D eigenvalue weighted by atomic mass is 16.6. The highest BCUT2D eigenvalue weighted by Gasteiger charge is 2.09. The van der Waals surface area contributed by atoms with E-state index in [9.17, 15) is 10.1 Å². The van der Waals surface area contributed by atoms with Crippen LogP contribution in [0.4, 0.5) is 0 Å². The molecule has 0 bridgehead atoms. The molecule has 0 fully saturated rings. The summed E-state index contributed by atoms with van der Waals surface area (Å²) in [6, 6.07) is 22.0. The molecule has 6 nitrogen and oxygen atoms in total. The molecule has 3 rings (SSSR count). The number of esters is 1. The van der Waals surface area contributed by atoms with Gasteiger partial charge < -0.3 is 18.9 Å². The van der Waals surface area contributed by atoms with Gasteiger partial charge in [-0.2, -0.15) is 5.26 Å². The molecule has 0 aliphatic heterocycles. The largest absolute Gasteiger partial charge is 0.493 e. The van der Waals surface area contributed by atoms with E-state index in [1.54, 1.807) is 62.8 Å². The van der Waals surface area contributed by atoms with Crippen LogP contribution in [-0.2, 0) is 11.2 Å². The molecule has 6 heteroatoms. The van der Waals surface area contributed by atoms with Crippen molar-refractivity contribution in [2.75, 3.05) is 20.8 Å². The molecule has 0 saturated carbocycles. The van der Waals surface area contributed by atoms with Crippen molar-refractivity contribution in [3.8, 4) is 29.1 Å². The number of hydrogen-bond donors (Lipinski definition) is 0. The number of carbonyl (C=O) groups is 1. The average Bonchev–Trinajstić information content (AvgIpc) is 2.86. The maximum atomic E-state index is 12.1. The zero-order chi connectivity index (χ0) is 23.6. The lowest BCUT2D eigenvalue weighted by Gasteiger charge is -2.09. The summed E-state index contributed by atoms with van der Waals surface area (Å²) >= 11 is 0. The lowest BCUT2D eigenvalue weighted by Crippen LogP contribution is -2.17. The Bertz CT molecular complexity index is 1160. The fraction of sp³-hybridized carbons (Fsp3) is 0.185. The Balaban J connectivity index is 1.63. The maximum Gasteiger partial charge on any atom is 0.349 e. The maximum absolute atomic E-state index is 12.1. The second-order valence-electron chi connectivity index (χ2n) is 7.07. The van der Waals surface area contributed by atoms with Crippen LogP contribution in [0.3, 0.4) is 0 Å². The number of nitrogens with zero attached hydrogens (tertiary/aromatic N) is 1. The zero-order valence-electron chi connectivity index (χ0n) is 18.8. The Morgan fingerprint density at radius 1 is 0.909 bits per heavy atom. The van der Waals surface area contributed by atoms with Crippen molar-refractivity contribution in [1.29, 1.82) is 5.26 Å². The minimum atomic E-state index is -0.499. The first-order valence-corrected chi connectivity index (χ1v) is 10.4. The van der Waals surface area contributed by atoms with Crippen molar-refractivity contribution in [1.82, 2.24) is 0 Å². The standard InChI is InChI=1S/C27H25NO5/c1-4-19-5-10-23(11-6-19)32-18-27(29)33-24-12-7-20(8-13-24)15-22(17-28)21-9-14-25(30-2)26(16-21)31-3/h5-16H,4,18H2,1-3H3/b22-15-. The molecule has 168 valence electrons. The summed E-state index contributed by atoms with van der Waals surface area (Å²) in [5, 5.41) is 9.61. The smallest absolute Gasteiger partial charge is 0.349 e. The Hall–Kier alpha value is -4.24. The van der Waals surface area contributed by atoms with Crippen LogP contribution < -0.4 is 18.9 Å². The molecule has 3 aromatic carbocycles. The monoisotopic (exact) mass is 443 g/mol. The van der Waals surface area contributed by atoms with Gasteiger partial charge in [-0.3, -0.25) is 0 Å².